The first kappa shape index (κ1) is 15.5. The van der Waals surface area contributed by atoms with Crippen molar-refractivity contribution in [2.75, 3.05) is 13.1 Å². The summed E-state index contributed by atoms with van der Waals surface area (Å²) in [6, 6.07) is 10.6. The number of likely N-dealkylation sites (N-methyl/N-ethyl adjacent to an activating group) is 1. The lowest BCUT2D eigenvalue weighted by Crippen LogP contribution is -2.48. The van der Waals surface area contributed by atoms with Gasteiger partial charge in [0, 0.05) is 6.04 Å². The van der Waals surface area contributed by atoms with Crippen LogP contribution in [-0.2, 0) is 11.3 Å². The molecule has 2 rings (SSSR count). The zero-order valence-corrected chi connectivity index (χ0v) is 12.7. The van der Waals surface area contributed by atoms with E-state index in [4.69, 9.17) is 4.74 Å². The minimum absolute atomic E-state index is 0.202. The van der Waals surface area contributed by atoms with E-state index < -0.39 is 0 Å². The van der Waals surface area contributed by atoms with Crippen LogP contribution >= 0.6 is 0 Å². The van der Waals surface area contributed by atoms with Crippen LogP contribution in [0.3, 0.4) is 0 Å². The lowest BCUT2D eigenvalue weighted by Gasteiger charge is -2.39. The zero-order chi connectivity index (χ0) is 14.4. The van der Waals surface area contributed by atoms with E-state index in [0.717, 1.165) is 32.4 Å². The van der Waals surface area contributed by atoms with Gasteiger partial charge < -0.3 is 9.84 Å². The standard InChI is InChI=1S/C17H27NO2/c1-3-18(4-2)16-12-15(10-11-17(16)19)20-13-14-8-6-5-7-9-14/h5-9,15-17,19H,3-4,10-13H2,1-2H3/t15-,16-,17-/m1/s1. The largest absolute Gasteiger partial charge is 0.391 e. The van der Waals surface area contributed by atoms with Gasteiger partial charge in [0.15, 0.2) is 0 Å². The molecule has 0 aromatic heterocycles. The van der Waals surface area contributed by atoms with Gasteiger partial charge in [-0.05, 0) is 37.9 Å². The second-order valence-corrected chi connectivity index (χ2v) is 5.59. The quantitative estimate of drug-likeness (QED) is 0.868. The number of aliphatic hydroxyl groups is 1. The zero-order valence-electron chi connectivity index (χ0n) is 12.7. The molecular weight excluding hydrogens is 250 g/mol. The van der Waals surface area contributed by atoms with Gasteiger partial charge in [-0.2, -0.15) is 0 Å². The van der Waals surface area contributed by atoms with Crippen molar-refractivity contribution in [3.05, 3.63) is 35.9 Å². The number of nitrogens with zero attached hydrogens (tertiary/aromatic N) is 1. The predicted octanol–water partition coefficient (Wildman–Crippen LogP) is 2.83. The van der Waals surface area contributed by atoms with E-state index in [-0.39, 0.29) is 18.2 Å². The molecule has 0 bridgehead atoms. The fraction of sp³-hybridized carbons (Fsp3) is 0.647. The molecule has 0 saturated heterocycles. The molecule has 0 radical (unpaired) electrons. The molecule has 1 fully saturated rings. The Morgan fingerprint density at radius 3 is 2.50 bits per heavy atom. The Balaban J connectivity index is 1.87. The van der Waals surface area contributed by atoms with Gasteiger partial charge in [-0.1, -0.05) is 44.2 Å². The molecule has 1 aliphatic rings. The van der Waals surface area contributed by atoms with Crippen LogP contribution in [0.2, 0.25) is 0 Å². The van der Waals surface area contributed by atoms with E-state index in [1.165, 1.54) is 5.56 Å². The minimum atomic E-state index is -0.202. The van der Waals surface area contributed by atoms with E-state index in [9.17, 15) is 5.11 Å². The predicted molar refractivity (Wildman–Crippen MR) is 81.6 cm³/mol. The second kappa shape index (κ2) is 7.77. The van der Waals surface area contributed by atoms with Crippen molar-refractivity contribution in [3.8, 4) is 0 Å². The van der Waals surface area contributed by atoms with Crippen LogP contribution in [0.25, 0.3) is 0 Å². The minimum Gasteiger partial charge on any atom is -0.391 e. The fourth-order valence-corrected chi connectivity index (χ4v) is 3.12. The Morgan fingerprint density at radius 1 is 1.15 bits per heavy atom. The van der Waals surface area contributed by atoms with E-state index in [1.54, 1.807) is 0 Å². The van der Waals surface area contributed by atoms with E-state index >= 15 is 0 Å². The number of hydrogen-bond donors (Lipinski definition) is 1. The van der Waals surface area contributed by atoms with Gasteiger partial charge >= 0.3 is 0 Å². The summed E-state index contributed by atoms with van der Waals surface area (Å²) in [6.45, 7) is 6.97. The lowest BCUT2D eigenvalue weighted by atomic mass is 9.89. The molecule has 0 aliphatic heterocycles. The maximum Gasteiger partial charge on any atom is 0.0720 e. The molecule has 0 heterocycles. The SMILES string of the molecule is CCN(CC)[C@@H]1C[C@H](OCc2ccccc2)CC[C@H]1O. The van der Waals surface area contributed by atoms with Crippen LogP contribution < -0.4 is 0 Å². The molecule has 1 N–H and O–H groups in total. The monoisotopic (exact) mass is 277 g/mol. The average Bonchev–Trinajstić information content (AvgIpc) is 2.50. The Kier molecular flexibility index (Phi) is 6.02. The third-order valence-electron chi connectivity index (χ3n) is 4.34. The molecule has 1 aromatic rings. The van der Waals surface area contributed by atoms with Crippen LogP contribution in [0, 0.1) is 0 Å². The van der Waals surface area contributed by atoms with Crippen LogP contribution in [0.15, 0.2) is 30.3 Å². The molecule has 3 heteroatoms. The Hall–Kier alpha value is -0.900. The summed E-state index contributed by atoms with van der Waals surface area (Å²) < 4.78 is 6.05. The van der Waals surface area contributed by atoms with Gasteiger partial charge in [-0.15, -0.1) is 0 Å². The highest BCUT2D eigenvalue weighted by Crippen LogP contribution is 2.26. The molecule has 0 spiro atoms. The highest BCUT2D eigenvalue weighted by Gasteiger charge is 2.32. The van der Waals surface area contributed by atoms with Gasteiger partial charge in [-0.25, -0.2) is 0 Å². The van der Waals surface area contributed by atoms with Gasteiger partial charge in [0.05, 0.1) is 18.8 Å². The van der Waals surface area contributed by atoms with Gasteiger partial charge in [-0.3, -0.25) is 4.90 Å². The summed E-state index contributed by atoms with van der Waals surface area (Å²) in [5, 5.41) is 10.2. The molecule has 112 valence electrons. The highest BCUT2D eigenvalue weighted by molar-refractivity contribution is 5.13. The second-order valence-electron chi connectivity index (χ2n) is 5.59. The molecule has 20 heavy (non-hydrogen) atoms. The molecule has 3 nitrogen and oxygen atoms in total. The van der Waals surface area contributed by atoms with Crippen molar-refractivity contribution in [2.45, 2.75) is 58.0 Å². The first-order chi connectivity index (χ1) is 9.74. The molecular formula is C17H27NO2. The van der Waals surface area contributed by atoms with Gasteiger partial charge in [0.25, 0.3) is 0 Å². The molecule has 1 aromatic carbocycles. The van der Waals surface area contributed by atoms with Crippen LogP contribution in [0.1, 0.15) is 38.7 Å². The maximum absolute atomic E-state index is 10.2. The molecule has 1 aliphatic carbocycles. The Morgan fingerprint density at radius 2 is 1.85 bits per heavy atom. The van der Waals surface area contributed by atoms with E-state index in [1.807, 2.05) is 18.2 Å². The molecule has 1 saturated carbocycles. The van der Waals surface area contributed by atoms with E-state index in [2.05, 4.69) is 30.9 Å². The molecule has 0 amide bonds. The first-order valence-electron chi connectivity index (χ1n) is 7.82. The van der Waals surface area contributed by atoms with Crippen LogP contribution in [0.5, 0.6) is 0 Å². The maximum atomic E-state index is 10.2. The summed E-state index contributed by atoms with van der Waals surface area (Å²) in [6.07, 6.45) is 2.82. The number of benzene rings is 1. The topological polar surface area (TPSA) is 32.7 Å². The van der Waals surface area contributed by atoms with E-state index in [0.29, 0.717) is 6.61 Å². The number of hydrogen-bond acceptors (Lipinski definition) is 3. The number of rotatable bonds is 6. The summed E-state index contributed by atoms with van der Waals surface area (Å²) in [7, 11) is 0. The van der Waals surface area contributed by atoms with Crippen molar-refractivity contribution in [1.29, 1.82) is 0 Å². The normalized spacial score (nSPS) is 26.9. The van der Waals surface area contributed by atoms with Crippen molar-refractivity contribution in [3.63, 3.8) is 0 Å². The third kappa shape index (κ3) is 4.05. The summed E-state index contributed by atoms with van der Waals surface area (Å²) in [4.78, 5) is 2.35. The smallest absolute Gasteiger partial charge is 0.0720 e. The Labute approximate surface area is 122 Å². The lowest BCUT2D eigenvalue weighted by molar-refractivity contribution is -0.0565. The van der Waals surface area contributed by atoms with Crippen LogP contribution in [-0.4, -0.2) is 41.3 Å². The van der Waals surface area contributed by atoms with Crippen molar-refractivity contribution in [2.24, 2.45) is 0 Å². The highest BCUT2D eigenvalue weighted by atomic mass is 16.5. The third-order valence-corrected chi connectivity index (χ3v) is 4.34. The van der Waals surface area contributed by atoms with Crippen molar-refractivity contribution in [1.82, 2.24) is 4.90 Å². The number of ether oxygens (including phenoxy) is 1. The number of aliphatic hydroxyl groups excluding tert-OH is 1. The van der Waals surface area contributed by atoms with Gasteiger partial charge in [0.2, 0.25) is 0 Å². The van der Waals surface area contributed by atoms with Gasteiger partial charge in [0.1, 0.15) is 0 Å². The summed E-state index contributed by atoms with van der Waals surface area (Å²) in [5.41, 5.74) is 1.22. The average molecular weight is 277 g/mol. The van der Waals surface area contributed by atoms with Crippen molar-refractivity contribution < 1.29 is 9.84 Å². The summed E-state index contributed by atoms with van der Waals surface area (Å²) in [5.74, 6) is 0. The first-order valence-corrected chi connectivity index (χ1v) is 7.82. The van der Waals surface area contributed by atoms with Crippen LogP contribution in [0.4, 0.5) is 0 Å². The Bertz CT molecular complexity index is 378. The summed E-state index contributed by atoms with van der Waals surface area (Å²) >= 11 is 0. The molecule has 3 atom stereocenters. The fourth-order valence-electron chi connectivity index (χ4n) is 3.12. The van der Waals surface area contributed by atoms with Crippen molar-refractivity contribution >= 4 is 0 Å². The molecule has 0 unspecified atom stereocenters.